The summed E-state index contributed by atoms with van der Waals surface area (Å²) in [6.07, 6.45) is 9.08. The molecule has 1 aliphatic carbocycles. The van der Waals surface area contributed by atoms with Crippen molar-refractivity contribution in [3.8, 4) is 0 Å². The molecule has 0 bridgehead atoms. The van der Waals surface area contributed by atoms with Crippen LogP contribution in [0.2, 0.25) is 0 Å². The van der Waals surface area contributed by atoms with E-state index in [0.717, 1.165) is 38.8 Å². The molecular weight excluding hydrogens is 280 g/mol. The standard InChI is InChI=1S/C16H30N4O2/c1-17-15(21)12-20-10-8-14(9-11-20)19-16(22)18-13-6-4-2-3-5-7-13/h13-14H,2-12H2,1H3,(H,17,21)(H2,18,19,22). The number of rotatable bonds is 4. The third-order valence-electron chi connectivity index (χ3n) is 4.76. The van der Waals surface area contributed by atoms with Gasteiger partial charge in [-0.3, -0.25) is 9.69 Å². The van der Waals surface area contributed by atoms with Gasteiger partial charge in [0, 0.05) is 32.2 Å². The van der Waals surface area contributed by atoms with Crippen LogP contribution in [0.3, 0.4) is 0 Å². The molecule has 22 heavy (non-hydrogen) atoms. The fourth-order valence-electron chi connectivity index (χ4n) is 3.35. The van der Waals surface area contributed by atoms with Crippen molar-refractivity contribution in [2.75, 3.05) is 26.7 Å². The summed E-state index contributed by atoms with van der Waals surface area (Å²) in [5, 5.41) is 8.87. The predicted molar refractivity (Wildman–Crippen MR) is 86.7 cm³/mol. The number of nitrogens with zero attached hydrogens (tertiary/aromatic N) is 1. The molecule has 0 aromatic rings. The molecular formula is C16H30N4O2. The molecule has 1 saturated carbocycles. The van der Waals surface area contributed by atoms with Gasteiger partial charge in [0.2, 0.25) is 5.91 Å². The van der Waals surface area contributed by atoms with Gasteiger partial charge in [-0.25, -0.2) is 4.79 Å². The van der Waals surface area contributed by atoms with Gasteiger partial charge in [0.15, 0.2) is 0 Å². The molecule has 0 atom stereocenters. The fraction of sp³-hybridized carbons (Fsp3) is 0.875. The first-order chi connectivity index (χ1) is 10.7. The topological polar surface area (TPSA) is 73.5 Å². The molecule has 3 N–H and O–H groups in total. The highest BCUT2D eigenvalue weighted by Crippen LogP contribution is 2.17. The molecule has 2 rings (SSSR count). The SMILES string of the molecule is CNC(=O)CN1CCC(NC(=O)NC2CCCCCC2)CC1. The second-order valence-electron chi connectivity index (χ2n) is 6.53. The predicted octanol–water partition coefficient (Wildman–Crippen LogP) is 1.22. The van der Waals surface area contributed by atoms with E-state index in [9.17, 15) is 9.59 Å². The highest BCUT2D eigenvalue weighted by atomic mass is 16.2. The van der Waals surface area contributed by atoms with Crippen LogP contribution in [-0.2, 0) is 4.79 Å². The lowest BCUT2D eigenvalue weighted by molar-refractivity contribution is -0.122. The van der Waals surface area contributed by atoms with Crippen LogP contribution >= 0.6 is 0 Å². The van der Waals surface area contributed by atoms with E-state index in [4.69, 9.17) is 0 Å². The molecule has 2 aliphatic rings. The molecule has 1 aliphatic heterocycles. The number of piperidine rings is 1. The van der Waals surface area contributed by atoms with E-state index < -0.39 is 0 Å². The van der Waals surface area contributed by atoms with Gasteiger partial charge in [0.25, 0.3) is 0 Å². The number of hydrogen-bond acceptors (Lipinski definition) is 3. The molecule has 0 aromatic carbocycles. The number of amides is 3. The summed E-state index contributed by atoms with van der Waals surface area (Å²) in [5.41, 5.74) is 0. The lowest BCUT2D eigenvalue weighted by Gasteiger charge is -2.32. The first-order valence-electron chi connectivity index (χ1n) is 8.67. The molecule has 3 amide bonds. The van der Waals surface area contributed by atoms with Crippen LogP contribution in [0.15, 0.2) is 0 Å². The average Bonchev–Trinajstić information content (AvgIpc) is 2.77. The number of carbonyl (C=O) groups is 2. The van der Waals surface area contributed by atoms with E-state index in [1.807, 2.05) is 0 Å². The maximum absolute atomic E-state index is 12.1. The number of urea groups is 1. The van der Waals surface area contributed by atoms with Gasteiger partial charge in [-0.1, -0.05) is 25.7 Å². The van der Waals surface area contributed by atoms with Crippen LogP contribution in [0, 0.1) is 0 Å². The number of likely N-dealkylation sites (N-methyl/N-ethyl adjacent to an activating group) is 1. The number of hydrogen-bond donors (Lipinski definition) is 3. The van der Waals surface area contributed by atoms with E-state index in [2.05, 4.69) is 20.9 Å². The lowest BCUT2D eigenvalue weighted by Crippen LogP contribution is -2.51. The van der Waals surface area contributed by atoms with Crippen molar-refractivity contribution in [1.82, 2.24) is 20.9 Å². The second kappa shape index (κ2) is 8.98. The highest BCUT2D eigenvalue weighted by molar-refractivity contribution is 5.77. The Morgan fingerprint density at radius 3 is 2.00 bits per heavy atom. The third kappa shape index (κ3) is 5.83. The first-order valence-corrected chi connectivity index (χ1v) is 8.67. The molecule has 0 aromatic heterocycles. The average molecular weight is 310 g/mol. The van der Waals surface area contributed by atoms with E-state index in [-0.39, 0.29) is 18.0 Å². The Kier molecular flexibility index (Phi) is 6.96. The molecule has 6 nitrogen and oxygen atoms in total. The number of nitrogens with one attached hydrogen (secondary N) is 3. The summed E-state index contributed by atoms with van der Waals surface area (Å²) in [6.45, 7) is 2.18. The van der Waals surface area contributed by atoms with Crippen molar-refractivity contribution in [1.29, 1.82) is 0 Å². The van der Waals surface area contributed by atoms with E-state index in [1.165, 1.54) is 25.7 Å². The third-order valence-corrected chi connectivity index (χ3v) is 4.76. The molecule has 6 heteroatoms. The summed E-state index contributed by atoms with van der Waals surface area (Å²) in [6, 6.07) is 0.555. The van der Waals surface area contributed by atoms with Crippen molar-refractivity contribution in [2.24, 2.45) is 0 Å². The minimum absolute atomic E-state index is 0.0170. The summed E-state index contributed by atoms with van der Waals surface area (Å²) in [4.78, 5) is 25.6. The zero-order valence-electron chi connectivity index (χ0n) is 13.7. The number of likely N-dealkylation sites (tertiary alicyclic amines) is 1. The van der Waals surface area contributed by atoms with Gasteiger partial charge in [-0.15, -0.1) is 0 Å². The van der Waals surface area contributed by atoms with Crippen LogP contribution in [0.1, 0.15) is 51.4 Å². The minimum atomic E-state index is -0.0170. The summed E-state index contributed by atoms with van der Waals surface area (Å²) in [5.74, 6) is 0.0533. The van der Waals surface area contributed by atoms with E-state index in [0.29, 0.717) is 12.6 Å². The van der Waals surface area contributed by atoms with Gasteiger partial charge in [-0.2, -0.15) is 0 Å². The molecule has 1 heterocycles. The molecule has 0 spiro atoms. The zero-order valence-corrected chi connectivity index (χ0v) is 13.7. The van der Waals surface area contributed by atoms with Gasteiger partial charge in [0.1, 0.15) is 0 Å². The quantitative estimate of drug-likeness (QED) is 0.684. The van der Waals surface area contributed by atoms with Crippen LogP contribution in [-0.4, -0.2) is 55.6 Å². The van der Waals surface area contributed by atoms with Crippen LogP contribution in [0.25, 0.3) is 0 Å². The fourth-order valence-corrected chi connectivity index (χ4v) is 3.35. The minimum Gasteiger partial charge on any atom is -0.358 e. The second-order valence-corrected chi connectivity index (χ2v) is 6.53. The van der Waals surface area contributed by atoms with Crippen LogP contribution in [0.4, 0.5) is 4.79 Å². The Morgan fingerprint density at radius 2 is 1.45 bits per heavy atom. The maximum atomic E-state index is 12.1. The van der Waals surface area contributed by atoms with Crippen molar-refractivity contribution >= 4 is 11.9 Å². The zero-order chi connectivity index (χ0) is 15.8. The Labute approximate surface area is 133 Å². The van der Waals surface area contributed by atoms with Crippen molar-refractivity contribution in [2.45, 2.75) is 63.5 Å². The number of carbonyl (C=O) groups excluding carboxylic acids is 2. The van der Waals surface area contributed by atoms with Crippen molar-refractivity contribution < 1.29 is 9.59 Å². The molecule has 126 valence electrons. The maximum Gasteiger partial charge on any atom is 0.315 e. The molecule has 0 unspecified atom stereocenters. The summed E-state index contributed by atoms with van der Waals surface area (Å²) >= 11 is 0. The first kappa shape index (κ1) is 17.1. The summed E-state index contributed by atoms with van der Waals surface area (Å²) < 4.78 is 0. The van der Waals surface area contributed by atoms with Crippen LogP contribution in [0.5, 0.6) is 0 Å². The molecule has 2 fully saturated rings. The summed E-state index contributed by atoms with van der Waals surface area (Å²) in [7, 11) is 1.66. The van der Waals surface area contributed by atoms with Gasteiger partial charge >= 0.3 is 6.03 Å². The van der Waals surface area contributed by atoms with E-state index in [1.54, 1.807) is 7.05 Å². The Hall–Kier alpha value is -1.30. The monoisotopic (exact) mass is 310 g/mol. The van der Waals surface area contributed by atoms with Crippen molar-refractivity contribution in [3.63, 3.8) is 0 Å². The highest BCUT2D eigenvalue weighted by Gasteiger charge is 2.22. The normalized spacial score (nSPS) is 21.9. The van der Waals surface area contributed by atoms with Gasteiger partial charge < -0.3 is 16.0 Å². The lowest BCUT2D eigenvalue weighted by atomic mass is 10.1. The molecule has 0 radical (unpaired) electrons. The van der Waals surface area contributed by atoms with Crippen molar-refractivity contribution in [3.05, 3.63) is 0 Å². The smallest absolute Gasteiger partial charge is 0.315 e. The Bertz CT molecular complexity index is 359. The van der Waals surface area contributed by atoms with Gasteiger partial charge in [0.05, 0.1) is 6.54 Å². The Morgan fingerprint density at radius 1 is 0.909 bits per heavy atom. The largest absolute Gasteiger partial charge is 0.358 e. The van der Waals surface area contributed by atoms with Crippen LogP contribution < -0.4 is 16.0 Å². The Balaban J connectivity index is 1.64. The van der Waals surface area contributed by atoms with Gasteiger partial charge in [-0.05, 0) is 25.7 Å². The van der Waals surface area contributed by atoms with E-state index >= 15 is 0 Å². The molecule has 1 saturated heterocycles.